The van der Waals surface area contributed by atoms with Gasteiger partial charge in [0.25, 0.3) is 5.91 Å². The highest BCUT2D eigenvalue weighted by atomic mass is 79.9. The van der Waals surface area contributed by atoms with Crippen LogP contribution in [0, 0.1) is 12.8 Å². The Morgan fingerprint density at radius 2 is 2.08 bits per heavy atom. The second kappa shape index (κ2) is 6.15. The van der Waals surface area contributed by atoms with Crippen LogP contribution in [0.3, 0.4) is 0 Å². The van der Waals surface area contributed by atoms with E-state index in [0.29, 0.717) is 6.42 Å². The van der Waals surface area contributed by atoms with Gasteiger partial charge in [-0.25, -0.2) is 0 Å². The molecule has 0 aromatic heterocycles. The molecular formula is C18H25BrFNO3Si. The lowest BCUT2D eigenvalue weighted by Crippen LogP contribution is -2.44. The van der Waals surface area contributed by atoms with Gasteiger partial charge in [0.15, 0.2) is 5.60 Å². The minimum atomic E-state index is -3.10. The van der Waals surface area contributed by atoms with Crippen molar-refractivity contribution in [3.05, 3.63) is 27.7 Å². The molecule has 0 aliphatic carbocycles. The van der Waals surface area contributed by atoms with Gasteiger partial charge >= 0.3 is 0 Å². The number of hydrogen-bond donors (Lipinski definition) is 1. The van der Waals surface area contributed by atoms with Gasteiger partial charge in [-0.05, 0) is 54.0 Å². The third-order valence-electron chi connectivity index (χ3n) is 5.69. The highest BCUT2D eigenvalue weighted by molar-refractivity contribution is 9.10. The summed E-state index contributed by atoms with van der Waals surface area (Å²) in [4.78, 5) is 14.9. The molecule has 0 unspecified atom stereocenters. The lowest BCUT2D eigenvalue weighted by Gasteiger charge is -2.31. The number of aliphatic hydroxyl groups is 1. The SMILES string of the molecule is Cc1cc(Br)c2c(c1)[C@]1(O[C@@H](CCO)[C@H]([Si](C)(C)F)[C@H]1C)C(=O)N2C. The van der Waals surface area contributed by atoms with Gasteiger partial charge in [-0.1, -0.05) is 13.0 Å². The Morgan fingerprint density at radius 1 is 1.44 bits per heavy atom. The zero-order valence-corrected chi connectivity index (χ0v) is 17.9. The summed E-state index contributed by atoms with van der Waals surface area (Å²) < 4.78 is 22.3. The van der Waals surface area contributed by atoms with Gasteiger partial charge in [0, 0.05) is 35.1 Å². The summed E-state index contributed by atoms with van der Waals surface area (Å²) in [5.74, 6) is -0.439. The Hall–Kier alpha value is -0.763. The van der Waals surface area contributed by atoms with Crippen molar-refractivity contribution >= 4 is 35.9 Å². The van der Waals surface area contributed by atoms with E-state index in [1.165, 1.54) is 0 Å². The van der Waals surface area contributed by atoms with Crippen LogP contribution in [-0.4, -0.2) is 39.2 Å². The molecule has 0 bridgehead atoms. The number of halogens is 2. The molecule has 7 heteroatoms. The summed E-state index contributed by atoms with van der Waals surface area (Å²) in [7, 11) is -1.37. The van der Waals surface area contributed by atoms with E-state index in [0.717, 1.165) is 21.3 Å². The lowest BCUT2D eigenvalue weighted by molar-refractivity contribution is -0.146. The molecule has 25 heavy (non-hydrogen) atoms. The fourth-order valence-corrected chi connectivity index (χ4v) is 8.16. The van der Waals surface area contributed by atoms with Crippen molar-refractivity contribution in [3.8, 4) is 0 Å². The van der Waals surface area contributed by atoms with Crippen LogP contribution in [-0.2, 0) is 15.1 Å². The summed E-state index contributed by atoms with van der Waals surface area (Å²) in [6.07, 6.45) is -0.106. The molecule has 1 aromatic rings. The summed E-state index contributed by atoms with van der Waals surface area (Å²) >= 11 is 3.56. The molecule has 1 saturated heterocycles. The number of fused-ring (bicyclic) bond motifs is 2. The first kappa shape index (κ1) is 19.0. The molecule has 2 aliphatic heterocycles. The predicted octanol–water partition coefficient (Wildman–Crippen LogP) is 3.89. The van der Waals surface area contributed by atoms with Crippen molar-refractivity contribution in [1.29, 1.82) is 0 Å². The Kier molecular flexibility index (Phi) is 4.67. The standard InChI is InChI=1S/C18H25BrFNO3Si/c1-10-8-12-15(13(19)9-10)21(3)17(23)18(12)11(2)16(25(4,5)20)14(24-18)6-7-22/h8-9,11,14,16,22H,6-7H2,1-5H3/t11-,14+,16-,18+/m1/s1. The Bertz CT molecular complexity index is 723. The summed E-state index contributed by atoms with van der Waals surface area (Å²) in [5, 5.41) is 9.44. The number of aryl methyl sites for hydroxylation is 1. The van der Waals surface area contributed by atoms with Crippen LogP contribution in [0.15, 0.2) is 16.6 Å². The topological polar surface area (TPSA) is 49.8 Å². The number of benzene rings is 1. The second-order valence-corrected chi connectivity index (χ2v) is 12.4. The van der Waals surface area contributed by atoms with Crippen molar-refractivity contribution in [1.82, 2.24) is 0 Å². The molecule has 4 atom stereocenters. The first-order chi connectivity index (χ1) is 11.6. The van der Waals surface area contributed by atoms with E-state index < -0.39 is 20.1 Å². The van der Waals surface area contributed by atoms with E-state index >= 15 is 4.11 Å². The zero-order chi connectivity index (χ0) is 18.7. The molecule has 4 nitrogen and oxygen atoms in total. The average Bonchev–Trinajstić information content (AvgIpc) is 2.88. The van der Waals surface area contributed by atoms with Crippen LogP contribution in [0.5, 0.6) is 0 Å². The van der Waals surface area contributed by atoms with Crippen LogP contribution in [0.4, 0.5) is 9.80 Å². The van der Waals surface area contributed by atoms with Gasteiger partial charge in [0.2, 0.25) is 8.41 Å². The molecule has 3 rings (SSSR count). The third kappa shape index (κ3) is 2.62. The molecule has 1 spiro atoms. The molecule has 1 N–H and O–H groups in total. The van der Waals surface area contributed by atoms with E-state index in [1.807, 2.05) is 26.0 Å². The third-order valence-corrected chi connectivity index (χ3v) is 8.75. The van der Waals surface area contributed by atoms with E-state index in [9.17, 15) is 9.90 Å². The second-order valence-electron chi connectivity index (χ2n) is 7.79. The maximum Gasteiger partial charge on any atom is 0.264 e. The molecular weight excluding hydrogens is 405 g/mol. The molecule has 2 heterocycles. The highest BCUT2D eigenvalue weighted by Gasteiger charge is 2.66. The number of carbonyl (C=O) groups is 1. The number of amides is 1. The largest absolute Gasteiger partial charge is 0.396 e. The molecule has 1 amide bonds. The van der Waals surface area contributed by atoms with Crippen LogP contribution in [0.2, 0.25) is 18.6 Å². The number of carbonyl (C=O) groups excluding carboxylic acids is 1. The fraction of sp³-hybridized carbons (Fsp3) is 0.611. The van der Waals surface area contributed by atoms with E-state index in [1.54, 1.807) is 25.0 Å². The maximum atomic E-state index is 15.2. The predicted molar refractivity (Wildman–Crippen MR) is 102 cm³/mol. The van der Waals surface area contributed by atoms with Crippen LogP contribution >= 0.6 is 15.9 Å². The van der Waals surface area contributed by atoms with E-state index in [2.05, 4.69) is 15.9 Å². The number of rotatable bonds is 3. The van der Waals surface area contributed by atoms with E-state index in [4.69, 9.17) is 4.74 Å². The van der Waals surface area contributed by atoms with Gasteiger partial charge in [0.05, 0.1) is 11.8 Å². The van der Waals surface area contributed by atoms with Gasteiger partial charge in [0.1, 0.15) is 0 Å². The number of nitrogens with zero attached hydrogens (tertiary/aromatic N) is 1. The minimum Gasteiger partial charge on any atom is -0.396 e. The van der Waals surface area contributed by atoms with Crippen molar-refractivity contribution in [2.45, 2.75) is 50.6 Å². The monoisotopic (exact) mass is 429 g/mol. The first-order valence-electron chi connectivity index (χ1n) is 8.62. The van der Waals surface area contributed by atoms with Gasteiger partial charge in [-0.2, -0.15) is 0 Å². The Labute approximate surface area is 157 Å². The van der Waals surface area contributed by atoms with Crippen molar-refractivity contribution in [3.63, 3.8) is 0 Å². The van der Waals surface area contributed by atoms with Crippen molar-refractivity contribution < 1.29 is 18.7 Å². The van der Waals surface area contributed by atoms with Crippen LogP contribution in [0.1, 0.15) is 24.5 Å². The Morgan fingerprint density at radius 3 is 2.64 bits per heavy atom. The molecule has 0 radical (unpaired) electrons. The number of aliphatic hydroxyl groups excluding tert-OH is 1. The normalized spacial score (nSPS) is 31.9. The summed E-state index contributed by atoms with van der Waals surface area (Å²) in [6, 6.07) is 3.95. The van der Waals surface area contributed by atoms with Crippen molar-refractivity contribution in [2.24, 2.45) is 5.92 Å². The zero-order valence-electron chi connectivity index (χ0n) is 15.3. The smallest absolute Gasteiger partial charge is 0.264 e. The lowest BCUT2D eigenvalue weighted by atomic mass is 9.82. The molecule has 0 saturated carbocycles. The molecule has 1 fully saturated rings. The fourth-order valence-electron chi connectivity index (χ4n) is 4.77. The Balaban J connectivity index is 2.22. The number of ether oxygens (including phenoxy) is 1. The van der Waals surface area contributed by atoms with Crippen molar-refractivity contribution in [2.75, 3.05) is 18.6 Å². The van der Waals surface area contributed by atoms with E-state index in [-0.39, 0.29) is 24.0 Å². The summed E-state index contributed by atoms with van der Waals surface area (Å²) in [5.41, 5.74) is 1.11. The van der Waals surface area contributed by atoms with Crippen LogP contribution < -0.4 is 4.90 Å². The minimum absolute atomic E-state index is 0.0805. The first-order valence-corrected chi connectivity index (χ1v) is 12.4. The van der Waals surface area contributed by atoms with Gasteiger partial charge in [-0.15, -0.1) is 0 Å². The molecule has 2 aliphatic rings. The maximum absolute atomic E-state index is 15.2. The summed E-state index contributed by atoms with van der Waals surface area (Å²) in [6.45, 7) is 7.14. The number of anilines is 1. The van der Waals surface area contributed by atoms with Gasteiger partial charge in [-0.3, -0.25) is 4.79 Å². The molecule has 1 aromatic carbocycles. The number of likely N-dealkylation sites (N-methyl/N-ethyl adjacent to an activating group) is 1. The highest BCUT2D eigenvalue weighted by Crippen LogP contribution is 2.60. The van der Waals surface area contributed by atoms with Crippen LogP contribution in [0.25, 0.3) is 0 Å². The quantitative estimate of drug-likeness (QED) is 0.585. The number of hydrogen-bond acceptors (Lipinski definition) is 3. The average molecular weight is 430 g/mol. The molecule has 138 valence electrons. The van der Waals surface area contributed by atoms with Gasteiger partial charge < -0.3 is 18.9 Å².